The SMILES string of the molecule is CCC(O)c1ccc(OCC(=O)Nc2cc(Cl)ccc2C)cc1. The summed E-state index contributed by atoms with van der Waals surface area (Å²) in [5, 5.41) is 13.1. The number of rotatable bonds is 6. The summed E-state index contributed by atoms with van der Waals surface area (Å²) in [6.07, 6.45) is 0.180. The van der Waals surface area contributed by atoms with Gasteiger partial charge in [0.25, 0.3) is 5.91 Å². The van der Waals surface area contributed by atoms with Gasteiger partial charge in [0.2, 0.25) is 0 Å². The summed E-state index contributed by atoms with van der Waals surface area (Å²) in [4.78, 5) is 12.0. The molecule has 1 unspecified atom stereocenters. The van der Waals surface area contributed by atoms with E-state index in [2.05, 4.69) is 5.32 Å². The molecule has 0 fully saturated rings. The van der Waals surface area contributed by atoms with E-state index < -0.39 is 6.10 Å². The molecular weight excluding hydrogens is 314 g/mol. The van der Waals surface area contributed by atoms with Crippen molar-refractivity contribution in [1.82, 2.24) is 0 Å². The van der Waals surface area contributed by atoms with Crippen LogP contribution in [0.1, 0.15) is 30.6 Å². The van der Waals surface area contributed by atoms with E-state index in [0.717, 1.165) is 11.1 Å². The van der Waals surface area contributed by atoms with E-state index in [9.17, 15) is 9.90 Å². The Hall–Kier alpha value is -2.04. The molecule has 0 aliphatic heterocycles. The van der Waals surface area contributed by atoms with Crippen molar-refractivity contribution in [1.29, 1.82) is 0 Å². The summed E-state index contributed by atoms with van der Waals surface area (Å²) in [5.41, 5.74) is 2.44. The van der Waals surface area contributed by atoms with Crippen LogP contribution in [-0.2, 0) is 4.79 Å². The minimum absolute atomic E-state index is 0.0956. The van der Waals surface area contributed by atoms with Crippen LogP contribution in [0.2, 0.25) is 5.02 Å². The Morgan fingerprint density at radius 3 is 2.61 bits per heavy atom. The van der Waals surface area contributed by atoms with Gasteiger partial charge in [-0.3, -0.25) is 4.79 Å². The number of hydrogen-bond donors (Lipinski definition) is 2. The lowest BCUT2D eigenvalue weighted by atomic mass is 10.1. The van der Waals surface area contributed by atoms with E-state index >= 15 is 0 Å². The topological polar surface area (TPSA) is 58.6 Å². The van der Waals surface area contributed by atoms with E-state index in [1.54, 1.807) is 36.4 Å². The zero-order chi connectivity index (χ0) is 16.8. The van der Waals surface area contributed by atoms with Gasteiger partial charge in [-0.2, -0.15) is 0 Å². The number of amides is 1. The van der Waals surface area contributed by atoms with E-state index in [-0.39, 0.29) is 12.5 Å². The summed E-state index contributed by atoms with van der Waals surface area (Å²) in [5.74, 6) is 0.322. The van der Waals surface area contributed by atoms with Crippen LogP contribution in [0.15, 0.2) is 42.5 Å². The Bertz CT molecular complexity index is 670. The largest absolute Gasteiger partial charge is 0.484 e. The second-order valence-electron chi connectivity index (χ2n) is 5.29. The van der Waals surface area contributed by atoms with E-state index in [1.165, 1.54) is 0 Å². The number of aliphatic hydroxyl groups excluding tert-OH is 1. The van der Waals surface area contributed by atoms with Crippen LogP contribution >= 0.6 is 11.6 Å². The lowest BCUT2D eigenvalue weighted by Gasteiger charge is -2.11. The van der Waals surface area contributed by atoms with Crippen molar-refractivity contribution in [2.45, 2.75) is 26.4 Å². The Kier molecular flexibility index (Phi) is 6.02. The van der Waals surface area contributed by atoms with Crippen molar-refractivity contribution in [2.24, 2.45) is 0 Å². The number of aliphatic hydroxyl groups is 1. The third-order valence-corrected chi connectivity index (χ3v) is 3.73. The first-order valence-corrected chi connectivity index (χ1v) is 7.84. The summed E-state index contributed by atoms with van der Waals surface area (Å²) in [6, 6.07) is 12.4. The van der Waals surface area contributed by atoms with Gasteiger partial charge < -0.3 is 15.2 Å². The molecule has 0 bridgehead atoms. The monoisotopic (exact) mass is 333 g/mol. The van der Waals surface area contributed by atoms with Crippen LogP contribution in [0.5, 0.6) is 5.75 Å². The van der Waals surface area contributed by atoms with Gasteiger partial charge in [-0.25, -0.2) is 0 Å². The fraction of sp³-hybridized carbons (Fsp3) is 0.278. The maximum absolute atomic E-state index is 12.0. The molecule has 1 atom stereocenters. The van der Waals surface area contributed by atoms with Crippen LogP contribution in [0, 0.1) is 6.92 Å². The molecular formula is C18H20ClNO3. The molecule has 0 saturated heterocycles. The lowest BCUT2D eigenvalue weighted by Crippen LogP contribution is -2.20. The molecule has 0 heterocycles. The number of halogens is 1. The molecule has 4 nitrogen and oxygen atoms in total. The van der Waals surface area contributed by atoms with Gasteiger partial charge in [-0.05, 0) is 48.7 Å². The van der Waals surface area contributed by atoms with Crippen molar-refractivity contribution in [2.75, 3.05) is 11.9 Å². The van der Waals surface area contributed by atoms with E-state index in [4.69, 9.17) is 16.3 Å². The fourth-order valence-electron chi connectivity index (χ4n) is 2.09. The summed E-state index contributed by atoms with van der Waals surface area (Å²) in [7, 11) is 0. The molecule has 5 heteroatoms. The normalized spacial score (nSPS) is 11.8. The number of aryl methyl sites for hydroxylation is 1. The minimum atomic E-state index is -0.474. The highest BCUT2D eigenvalue weighted by atomic mass is 35.5. The molecule has 2 aromatic carbocycles. The van der Waals surface area contributed by atoms with Crippen LogP contribution in [-0.4, -0.2) is 17.6 Å². The smallest absolute Gasteiger partial charge is 0.262 e. The number of carbonyl (C=O) groups excluding carboxylic acids is 1. The maximum atomic E-state index is 12.0. The average molecular weight is 334 g/mol. The van der Waals surface area contributed by atoms with Gasteiger partial charge in [0.05, 0.1) is 6.10 Å². The molecule has 122 valence electrons. The zero-order valence-electron chi connectivity index (χ0n) is 13.2. The third-order valence-electron chi connectivity index (χ3n) is 3.50. The number of benzene rings is 2. The first-order valence-electron chi connectivity index (χ1n) is 7.46. The molecule has 0 saturated carbocycles. The maximum Gasteiger partial charge on any atom is 0.262 e. The van der Waals surface area contributed by atoms with Crippen molar-refractivity contribution in [3.05, 3.63) is 58.6 Å². The molecule has 0 spiro atoms. The third kappa shape index (κ3) is 4.98. The van der Waals surface area contributed by atoms with Crippen LogP contribution in [0.25, 0.3) is 0 Å². The number of hydrogen-bond acceptors (Lipinski definition) is 3. The minimum Gasteiger partial charge on any atom is -0.484 e. The number of carbonyl (C=O) groups is 1. The van der Waals surface area contributed by atoms with Gasteiger partial charge in [-0.15, -0.1) is 0 Å². The van der Waals surface area contributed by atoms with Crippen molar-refractivity contribution in [3.8, 4) is 5.75 Å². The van der Waals surface area contributed by atoms with Gasteiger partial charge in [-0.1, -0.05) is 36.7 Å². The molecule has 0 aromatic heterocycles. The molecule has 0 aliphatic rings. The van der Waals surface area contributed by atoms with Gasteiger partial charge in [0.1, 0.15) is 5.75 Å². The van der Waals surface area contributed by atoms with Crippen LogP contribution in [0.3, 0.4) is 0 Å². The Morgan fingerprint density at radius 1 is 1.26 bits per heavy atom. The van der Waals surface area contributed by atoms with Gasteiger partial charge in [0.15, 0.2) is 6.61 Å². The molecule has 0 aliphatic carbocycles. The van der Waals surface area contributed by atoms with E-state index in [1.807, 2.05) is 19.9 Å². The van der Waals surface area contributed by atoms with Crippen LogP contribution in [0.4, 0.5) is 5.69 Å². The summed E-state index contributed by atoms with van der Waals surface area (Å²) < 4.78 is 5.45. The first-order chi connectivity index (χ1) is 11.0. The molecule has 2 rings (SSSR count). The number of anilines is 1. The highest BCUT2D eigenvalue weighted by Crippen LogP contribution is 2.21. The molecule has 0 radical (unpaired) electrons. The fourth-order valence-corrected chi connectivity index (χ4v) is 2.26. The highest BCUT2D eigenvalue weighted by Gasteiger charge is 2.08. The van der Waals surface area contributed by atoms with Crippen LogP contribution < -0.4 is 10.1 Å². The molecule has 1 amide bonds. The zero-order valence-corrected chi connectivity index (χ0v) is 13.9. The number of nitrogens with one attached hydrogen (secondary N) is 1. The Labute approximate surface area is 141 Å². The van der Waals surface area contributed by atoms with Crippen molar-refractivity contribution >= 4 is 23.2 Å². The Morgan fingerprint density at radius 2 is 1.96 bits per heavy atom. The quantitative estimate of drug-likeness (QED) is 0.836. The summed E-state index contributed by atoms with van der Waals surface area (Å²) >= 11 is 5.92. The standard InChI is InChI=1S/C18H20ClNO3/c1-3-17(21)13-5-8-15(9-6-13)23-11-18(22)20-16-10-14(19)7-4-12(16)2/h4-10,17,21H,3,11H2,1-2H3,(H,20,22). The summed E-state index contributed by atoms with van der Waals surface area (Å²) in [6.45, 7) is 3.71. The highest BCUT2D eigenvalue weighted by molar-refractivity contribution is 6.31. The predicted octanol–water partition coefficient (Wildman–Crippen LogP) is 4.11. The molecule has 2 aromatic rings. The second-order valence-corrected chi connectivity index (χ2v) is 5.73. The van der Waals surface area contributed by atoms with E-state index in [0.29, 0.717) is 22.9 Å². The molecule has 23 heavy (non-hydrogen) atoms. The van der Waals surface area contributed by atoms with Crippen molar-refractivity contribution < 1.29 is 14.6 Å². The lowest BCUT2D eigenvalue weighted by molar-refractivity contribution is -0.118. The first kappa shape index (κ1) is 17.3. The van der Waals surface area contributed by atoms with Gasteiger partial charge in [0, 0.05) is 10.7 Å². The average Bonchev–Trinajstić information content (AvgIpc) is 2.56. The second kappa shape index (κ2) is 7.99. The predicted molar refractivity (Wildman–Crippen MR) is 92.0 cm³/mol. The van der Waals surface area contributed by atoms with Gasteiger partial charge >= 0.3 is 0 Å². The Balaban J connectivity index is 1.90. The van der Waals surface area contributed by atoms with Crippen molar-refractivity contribution in [3.63, 3.8) is 0 Å². The number of ether oxygens (including phenoxy) is 1. The molecule has 2 N–H and O–H groups in total.